The second-order valence-corrected chi connectivity index (χ2v) is 3.63. The molecule has 0 spiro atoms. The van der Waals surface area contributed by atoms with Gasteiger partial charge in [-0.3, -0.25) is 10.2 Å². The SMILES string of the molecule is CC(=O)C(=N)c1cc(Cl)c(O)c(O)c1Cl. The van der Waals surface area contributed by atoms with Crippen molar-refractivity contribution in [2.45, 2.75) is 6.92 Å². The maximum atomic E-state index is 10.9. The number of phenols is 2. The maximum Gasteiger partial charge on any atom is 0.178 e. The van der Waals surface area contributed by atoms with Gasteiger partial charge in [0.1, 0.15) is 5.71 Å². The third-order valence-corrected chi connectivity index (χ3v) is 2.46. The van der Waals surface area contributed by atoms with Crippen LogP contribution in [0.5, 0.6) is 11.5 Å². The predicted molar refractivity (Wildman–Crippen MR) is 57.3 cm³/mol. The number of rotatable bonds is 2. The Morgan fingerprint density at radius 3 is 2.33 bits per heavy atom. The van der Waals surface area contributed by atoms with Gasteiger partial charge in [0.05, 0.1) is 10.0 Å². The van der Waals surface area contributed by atoms with Gasteiger partial charge in [0.25, 0.3) is 0 Å². The Morgan fingerprint density at radius 2 is 1.87 bits per heavy atom. The summed E-state index contributed by atoms with van der Waals surface area (Å²) in [6.07, 6.45) is 0. The van der Waals surface area contributed by atoms with Crippen LogP contribution in [0.3, 0.4) is 0 Å². The van der Waals surface area contributed by atoms with Crippen molar-refractivity contribution in [2.24, 2.45) is 0 Å². The first kappa shape index (κ1) is 11.8. The molecule has 15 heavy (non-hydrogen) atoms. The highest BCUT2D eigenvalue weighted by molar-refractivity contribution is 6.49. The van der Waals surface area contributed by atoms with Crippen LogP contribution in [0.1, 0.15) is 12.5 Å². The van der Waals surface area contributed by atoms with Crippen LogP contribution < -0.4 is 0 Å². The molecule has 1 rings (SSSR count). The van der Waals surface area contributed by atoms with E-state index >= 15 is 0 Å². The van der Waals surface area contributed by atoms with Gasteiger partial charge in [-0.15, -0.1) is 0 Å². The molecule has 0 unspecified atom stereocenters. The summed E-state index contributed by atoms with van der Waals surface area (Å²) in [4.78, 5) is 10.9. The van der Waals surface area contributed by atoms with Crippen molar-refractivity contribution >= 4 is 34.7 Å². The first-order valence-corrected chi connectivity index (χ1v) is 4.61. The number of hydrogen-bond acceptors (Lipinski definition) is 4. The van der Waals surface area contributed by atoms with E-state index in [1.54, 1.807) is 0 Å². The number of nitrogens with one attached hydrogen (secondary N) is 1. The molecule has 6 heteroatoms. The molecule has 0 atom stereocenters. The number of carbonyl (C=O) groups is 1. The van der Waals surface area contributed by atoms with Crippen molar-refractivity contribution in [1.82, 2.24) is 0 Å². The van der Waals surface area contributed by atoms with Gasteiger partial charge in [0.15, 0.2) is 17.3 Å². The minimum absolute atomic E-state index is 0.00975. The van der Waals surface area contributed by atoms with E-state index in [0.29, 0.717) is 0 Å². The third-order valence-electron chi connectivity index (χ3n) is 1.79. The van der Waals surface area contributed by atoms with Crippen LogP contribution in [0.4, 0.5) is 0 Å². The fourth-order valence-corrected chi connectivity index (χ4v) is 1.41. The zero-order chi connectivity index (χ0) is 11.7. The molecule has 1 aromatic carbocycles. The van der Waals surface area contributed by atoms with Crippen molar-refractivity contribution in [1.29, 1.82) is 5.41 Å². The van der Waals surface area contributed by atoms with Gasteiger partial charge in [-0.05, 0) is 6.07 Å². The molecule has 0 saturated heterocycles. The van der Waals surface area contributed by atoms with Crippen LogP contribution in [0, 0.1) is 5.41 Å². The van der Waals surface area contributed by atoms with Crippen LogP contribution >= 0.6 is 23.2 Å². The van der Waals surface area contributed by atoms with E-state index in [4.69, 9.17) is 28.6 Å². The van der Waals surface area contributed by atoms with Crippen molar-refractivity contribution in [2.75, 3.05) is 0 Å². The summed E-state index contributed by atoms with van der Waals surface area (Å²) < 4.78 is 0. The molecule has 4 nitrogen and oxygen atoms in total. The number of hydrogen-bond donors (Lipinski definition) is 3. The molecule has 3 N–H and O–H groups in total. The molecule has 0 fully saturated rings. The second kappa shape index (κ2) is 4.08. The van der Waals surface area contributed by atoms with Crippen LogP contribution in [0.25, 0.3) is 0 Å². The Balaban J connectivity index is 3.45. The third kappa shape index (κ3) is 2.06. The van der Waals surface area contributed by atoms with E-state index in [1.807, 2.05) is 0 Å². The number of phenolic OH excluding ortho intramolecular Hbond substituents is 2. The lowest BCUT2D eigenvalue weighted by atomic mass is 10.1. The summed E-state index contributed by atoms with van der Waals surface area (Å²) >= 11 is 11.2. The fourth-order valence-electron chi connectivity index (χ4n) is 0.975. The maximum absolute atomic E-state index is 10.9. The Labute approximate surface area is 95.6 Å². The van der Waals surface area contributed by atoms with Gasteiger partial charge >= 0.3 is 0 Å². The molecule has 80 valence electrons. The zero-order valence-corrected chi connectivity index (χ0v) is 9.15. The zero-order valence-electron chi connectivity index (χ0n) is 7.64. The number of carbonyl (C=O) groups excluding carboxylic acids is 1. The van der Waals surface area contributed by atoms with Crippen LogP contribution in [0.15, 0.2) is 6.07 Å². The number of halogens is 2. The molecule has 0 radical (unpaired) electrons. The number of aromatic hydroxyl groups is 2. The highest BCUT2D eigenvalue weighted by atomic mass is 35.5. The minimum Gasteiger partial charge on any atom is -0.503 e. The Hall–Kier alpha value is -1.26. The van der Waals surface area contributed by atoms with E-state index in [1.165, 1.54) is 6.92 Å². The second-order valence-electron chi connectivity index (χ2n) is 2.85. The Morgan fingerprint density at radius 1 is 1.33 bits per heavy atom. The molecule has 0 amide bonds. The molecule has 0 bridgehead atoms. The predicted octanol–water partition coefficient (Wildman–Crippen LogP) is 2.36. The average molecular weight is 248 g/mol. The highest BCUT2D eigenvalue weighted by Gasteiger charge is 2.19. The molecular weight excluding hydrogens is 241 g/mol. The molecule has 0 aliphatic heterocycles. The molecule has 0 heterocycles. The highest BCUT2D eigenvalue weighted by Crippen LogP contribution is 2.41. The van der Waals surface area contributed by atoms with Crippen molar-refractivity contribution < 1.29 is 15.0 Å². The van der Waals surface area contributed by atoms with E-state index in [9.17, 15) is 15.0 Å². The van der Waals surface area contributed by atoms with Crippen molar-refractivity contribution in [3.63, 3.8) is 0 Å². The summed E-state index contributed by atoms with van der Waals surface area (Å²) in [5, 5.41) is 25.5. The quantitative estimate of drug-likeness (QED) is 0.555. The van der Waals surface area contributed by atoms with Gasteiger partial charge in [-0.25, -0.2) is 0 Å². The number of ketones is 1. The molecule has 0 aliphatic rings. The van der Waals surface area contributed by atoms with Crippen LogP contribution in [-0.2, 0) is 4.79 Å². The largest absolute Gasteiger partial charge is 0.503 e. The lowest BCUT2D eigenvalue weighted by Crippen LogP contribution is -2.10. The Kier molecular flexibility index (Phi) is 3.21. The van der Waals surface area contributed by atoms with Gasteiger partial charge in [-0.1, -0.05) is 23.2 Å². The normalized spacial score (nSPS) is 10.1. The summed E-state index contributed by atoms with van der Waals surface area (Å²) in [6, 6.07) is 1.16. The van der Waals surface area contributed by atoms with Crippen molar-refractivity contribution in [3.05, 3.63) is 21.7 Å². The fraction of sp³-hybridized carbons (Fsp3) is 0.111. The summed E-state index contributed by atoms with van der Waals surface area (Å²) in [5.41, 5.74) is -0.387. The smallest absolute Gasteiger partial charge is 0.178 e. The molecule has 0 aromatic heterocycles. The van der Waals surface area contributed by atoms with Gasteiger partial charge in [-0.2, -0.15) is 0 Å². The number of Topliss-reactive ketones (excluding diaryl/α,β-unsaturated/α-hetero) is 1. The first-order chi connectivity index (χ1) is 6.86. The van der Waals surface area contributed by atoms with Gasteiger partial charge < -0.3 is 10.2 Å². The minimum atomic E-state index is -0.634. The number of benzene rings is 1. The van der Waals surface area contributed by atoms with Gasteiger partial charge in [0, 0.05) is 12.5 Å². The molecule has 0 saturated carbocycles. The average Bonchev–Trinajstić information content (AvgIpc) is 2.19. The summed E-state index contributed by atoms with van der Waals surface area (Å²) in [6.45, 7) is 1.19. The topological polar surface area (TPSA) is 81.4 Å². The molecular formula is C9H7Cl2NO3. The summed E-state index contributed by atoms with van der Waals surface area (Å²) in [7, 11) is 0. The molecule has 0 aliphatic carbocycles. The monoisotopic (exact) mass is 247 g/mol. The molecule has 1 aromatic rings. The van der Waals surface area contributed by atoms with E-state index in [-0.39, 0.29) is 21.3 Å². The van der Waals surface area contributed by atoms with E-state index < -0.39 is 17.3 Å². The lowest BCUT2D eigenvalue weighted by Gasteiger charge is -2.08. The summed E-state index contributed by atoms with van der Waals surface area (Å²) in [5.74, 6) is -1.72. The first-order valence-electron chi connectivity index (χ1n) is 3.86. The van der Waals surface area contributed by atoms with Crippen LogP contribution in [-0.4, -0.2) is 21.7 Å². The van der Waals surface area contributed by atoms with E-state index in [0.717, 1.165) is 6.07 Å². The standard InChI is InChI=1S/C9H7Cl2NO3/c1-3(13)7(12)4-2-5(10)8(14)9(15)6(4)11/h2,12,14-15H,1H3. The lowest BCUT2D eigenvalue weighted by molar-refractivity contribution is -0.111. The Bertz CT molecular complexity index is 457. The van der Waals surface area contributed by atoms with Gasteiger partial charge in [0.2, 0.25) is 0 Å². The van der Waals surface area contributed by atoms with Crippen molar-refractivity contribution in [3.8, 4) is 11.5 Å². The van der Waals surface area contributed by atoms with E-state index in [2.05, 4.69) is 0 Å². The van der Waals surface area contributed by atoms with Crippen LogP contribution in [0.2, 0.25) is 10.0 Å².